The van der Waals surface area contributed by atoms with Crippen molar-refractivity contribution in [1.82, 2.24) is 9.88 Å². The van der Waals surface area contributed by atoms with Crippen LogP contribution < -0.4 is 10.2 Å². The number of rotatable bonds is 4. The number of hydrogen-bond donors (Lipinski definition) is 1. The van der Waals surface area contributed by atoms with Crippen LogP contribution in [-0.4, -0.2) is 55.3 Å². The predicted molar refractivity (Wildman–Crippen MR) is 100 cm³/mol. The first kappa shape index (κ1) is 16.8. The second-order valence-corrected chi connectivity index (χ2v) is 6.73. The molecule has 1 aromatic heterocycles. The Morgan fingerprint density at radius 2 is 1.96 bits per heavy atom. The smallest absolute Gasteiger partial charge is 0.259 e. The van der Waals surface area contributed by atoms with Crippen molar-refractivity contribution >= 4 is 29.2 Å². The number of benzene rings is 1. The fraction of sp³-hybridized carbons (Fsp3) is 0.333. The van der Waals surface area contributed by atoms with Crippen molar-refractivity contribution in [3.05, 3.63) is 48.2 Å². The molecule has 24 heavy (non-hydrogen) atoms. The minimum atomic E-state index is -0.115. The SMILES string of the molecule is CSc1cccc(NC(=O)c2cccnc2N2CCN(C)CC2)c1. The van der Waals surface area contributed by atoms with Gasteiger partial charge in [0, 0.05) is 43.0 Å². The normalized spacial score (nSPS) is 15.3. The lowest BCUT2D eigenvalue weighted by atomic mass is 10.2. The van der Waals surface area contributed by atoms with Crippen LogP contribution in [0.5, 0.6) is 0 Å². The molecule has 1 saturated heterocycles. The topological polar surface area (TPSA) is 48.5 Å². The van der Waals surface area contributed by atoms with Crippen LogP contribution in [0.15, 0.2) is 47.5 Å². The Kier molecular flexibility index (Phi) is 5.37. The summed E-state index contributed by atoms with van der Waals surface area (Å²) in [7, 11) is 2.11. The molecule has 1 aliphatic heterocycles. The van der Waals surface area contributed by atoms with Crippen molar-refractivity contribution in [2.24, 2.45) is 0 Å². The molecule has 1 N–H and O–H groups in total. The van der Waals surface area contributed by atoms with Gasteiger partial charge in [-0.25, -0.2) is 4.98 Å². The van der Waals surface area contributed by atoms with Crippen molar-refractivity contribution in [2.75, 3.05) is 49.7 Å². The molecule has 3 rings (SSSR count). The Bertz CT molecular complexity index is 714. The van der Waals surface area contributed by atoms with Gasteiger partial charge in [0.2, 0.25) is 0 Å². The highest BCUT2D eigenvalue weighted by molar-refractivity contribution is 7.98. The van der Waals surface area contributed by atoms with Gasteiger partial charge in [0.1, 0.15) is 5.82 Å². The summed E-state index contributed by atoms with van der Waals surface area (Å²) in [5.41, 5.74) is 1.43. The summed E-state index contributed by atoms with van der Waals surface area (Å²) >= 11 is 1.66. The summed E-state index contributed by atoms with van der Waals surface area (Å²) in [6.45, 7) is 3.73. The molecular formula is C18H22N4OS. The number of nitrogens with zero attached hydrogens (tertiary/aromatic N) is 3. The standard InChI is InChI=1S/C18H22N4OS/c1-21-9-11-22(12-10-21)17-16(7-4-8-19-17)18(23)20-14-5-3-6-15(13-14)24-2/h3-8,13H,9-12H2,1-2H3,(H,20,23). The Labute approximate surface area is 147 Å². The molecule has 1 aromatic carbocycles. The van der Waals surface area contributed by atoms with Gasteiger partial charge in [-0.1, -0.05) is 6.07 Å². The van der Waals surface area contributed by atoms with Gasteiger partial charge in [-0.3, -0.25) is 4.79 Å². The largest absolute Gasteiger partial charge is 0.353 e. The molecular weight excluding hydrogens is 320 g/mol. The molecule has 0 spiro atoms. The Morgan fingerprint density at radius 3 is 2.71 bits per heavy atom. The molecule has 1 amide bonds. The molecule has 2 aromatic rings. The number of hydrogen-bond acceptors (Lipinski definition) is 5. The summed E-state index contributed by atoms with van der Waals surface area (Å²) in [5, 5.41) is 2.99. The van der Waals surface area contributed by atoms with E-state index < -0.39 is 0 Å². The number of amides is 1. The summed E-state index contributed by atoms with van der Waals surface area (Å²) in [4.78, 5) is 22.8. The fourth-order valence-corrected chi connectivity index (χ4v) is 3.20. The Morgan fingerprint density at radius 1 is 1.17 bits per heavy atom. The summed E-state index contributed by atoms with van der Waals surface area (Å²) < 4.78 is 0. The highest BCUT2D eigenvalue weighted by atomic mass is 32.2. The number of piperazine rings is 1. The molecule has 0 unspecified atom stereocenters. The summed E-state index contributed by atoms with van der Waals surface area (Å²) in [6, 6.07) is 11.5. The first-order valence-corrected chi connectivity index (χ1v) is 9.24. The molecule has 126 valence electrons. The van der Waals surface area contributed by atoms with E-state index >= 15 is 0 Å². The molecule has 0 saturated carbocycles. The first-order valence-electron chi connectivity index (χ1n) is 8.01. The highest BCUT2D eigenvalue weighted by Crippen LogP contribution is 2.22. The van der Waals surface area contributed by atoms with Crippen LogP contribution in [0.2, 0.25) is 0 Å². The van der Waals surface area contributed by atoms with Gasteiger partial charge < -0.3 is 15.1 Å². The van der Waals surface area contributed by atoms with Crippen LogP contribution in [0, 0.1) is 0 Å². The van der Waals surface area contributed by atoms with Gasteiger partial charge in [0.15, 0.2) is 0 Å². The number of carbonyl (C=O) groups excluding carboxylic acids is 1. The van der Waals surface area contributed by atoms with Crippen LogP contribution in [0.4, 0.5) is 11.5 Å². The predicted octanol–water partition coefficient (Wildman–Crippen LogP) is 2.81. The van der Waals surface area contributed by atoms with E-state index in [1.807, 2.05) is 42.7 Å². The van der Waals surface area contributed by atoms with Crippen molar-refractivity contribution in [3.63, 3.8) is 0 Å². The molecule has 0 aliphatic carbocycles. The van der Waals surface area contributed by atoms with E-state index in [0.717, 1.165) is 42.6 Å². The maximum atomic E-state index is 12.7. The first-order chi connectivity index (χ1) is 11.7. The maximum absolute atomic E-state index is 12.7. The Balaban J connectivity index is 1.79. The molecule has 6 heteroatoms. The van der Waals surface area contributed by atoms with E-state index in [1.54, 1.807) is 18.0 Å². The average Bonchev–Trinajstić information content (AvgIpc) is 2.62. The van der Waals surface area contributed by atoms with Gasteiger partial charge in [-0.15, -0.1) is 11.8 Å². The number of aromatic nitrogens is 1. The zero-order valence-electron chi connectivity index (χ0n) is 14.0. The van der Waals surface area contributed by atoms with Gasteiger partial charge in [0.25, 0.3) is 5.91 Å². The monoisotopic (exact) mass is 342 g/mol. The fourth-order valence-electron chi connectivity index (χ4n) is 2.74. The van der Waals surface area contributed by atoms with E-state index in [4.69, 9.17) is 0 Å². The van der Waals surface area contributed by atoms with E-state index in [-0.39, 0.29) is 5.91 Å². The lowest BCUT2D eigenvalue weighted by Gasteiger charge is -2.34. The molecule has 0 bridgehead atoms. The second kappa shape index (κ2) is 7.68. The van der Waals surface area contributed by atoms with Crippen LogP contribution in [-0.2, 0) is 0 Å². The van der Waals surface area contributed by atoms with Crippen molar-refractivity contribution in [1.29, 1.82) is 0 Å². The Hall–Kier alpha value is -2.05. The average molecular weight is 342 g/mol. The second-order valence-electron chi connectivity index (χ2n) is 5.85. The van der Waals surface area contributed by atoms with Crippen LogP contribution >= 0.6 is 11.8 Å². The lowest BCUT2D eigenvalue weighted by Crippen LogP contribution is -2.45. The molecule has 1 aliphatic rings. The highest BCUT2D eigenvalue weighted by Gasteiger charge is 2.21. The van der Waals surface area contributed by atoms with E-state index in [1.165, 1.54) is 0 Å². The van der Waals surface area contributed by atoms with Crippen LogP contribution in [0.3, 0.4) is 0 Å². The van der Waals surface area contributed by atoms with Gasteiger partial charge in [-0.2, -0.15) is 0 Å². The molecule has 0 radical (unpaired) electrons. The number of thioether (sulfide) groups is 1. The number of carbonyl (C=O) groups is 1. The van der Waals surface area contributed by atoms with Gasteiger partial charge in [0.05, 0.1) is 5.56 Å². The quantitative estimate of drug-likeness (QED) is 0.866. The maximum Gasteiger partial charge on any atom is 0.259 e. The third-order valence-electron chi connectivity index (χ3n) is 4.16. The van der Waals surface area contributed by atoms with E-state index in [9.17, 15) is 4.79 Å². The zero-order chi connectivity index (χ0) is 16.9. The summed E-state index contributed by atoms with van der Waals surface area (Å²) in [5.74, 6) is 0.652. The molecule has 5 nitrogen and oxygen atoms in total. The van der Waals surface area contributed by atoms with Crippen molar-refractivity contribution in [3.8, 4) is 0 Å². The van der Waals surface area contributed by atoms with Crippen molar-refractivity contribution < 1.29 is 4.79 Å². The van der Waals surface area contributed by atoms with Crippen molar-refractivity contribution in [2.45, 2.75) is 4.90 Å². The van der Waals surface area contributed by atoms with E-state index in [2.05, 4.69) is 27.1 Å². The third-order valence-corrected chi connectivity index (χ3v) is 4.89. The lowest BCUT2D eigenvalue weighted by molar-refractivity contribution is 0.102. The van der Waals surface area contributed by atoms with E-state index in [0.29, 0.717) is 5.56 Å². The van der Waals surface area contributed by atoms with Crippen LogP contribution in [0.25, 0.3) is 0 Å². The zero-order valence-corrected chi connectivity index (χ0v) is 14.8. The molecule has 1 fully saturated rings. The number of likely N-dealkylation sites (N-methyl/N-ethyl adjacent to an activating group) is 1. The minimum Gasteiger partial charge on any atom is -0.353 e. The number of nitrogens with one attached hydrogen (secondary N) is 1. The minimum absolute atomic E-state index is 0.115. The molecule has 2 heterocycles. The number of anilines is 2. The van der Waals surface area contributed by atoms with Gasteiger partial charge >= 0.3 is 0 Å². The number of pyridine rings is 1. The molecule has 0 atom stereocenters. The summed E-state index contributed by atoms with van der Waals surface area (Å²) in [6.07, 6.45) is 3.77. The van der Waals surface area contributed by atoms with Crippen LogP contribution in [0.1, 0.15) is 10.4 Å². The third kappa shape index (κ3) is 3.88. The van der Waals surface area contributed by atoms with Gasteiger partial charge in [-0.05, 0) is 43.6 Å².